The molecular formula is C11H16NO4PS. The SMILES string of the molecule is CCOP(=S)(Oc1ccc([N+](=O)[O-])cc1)C(C)C. The number of hydrogen-bond donors (Lipinski definition) is 0. The first-order chi connectivity index (χ1) is 8.39. The molecule has 0 amide bonds. The zero-order valence-electron chi connectivity index (χ0n) is 10.5. The van der Waals surface area contributed by atoms with E-state index in [4.69, 9.17) is 20.9 Å². The first-order valence-electron chi connectivity index (χ1n) is 5.57. The van der Waals surface area contributed by atoms with Gasteiger partial charge in [0.15, 0.2) is 0 Å². The Balaban J connectivity index is 2.88. The minimum Gasteiger partial charge on any atom is -0.443 e. The van der Waals surface area contributed by atoms with Gasteiger partial charge in [-0.2, -0.15) is 0 Å². The molecule has 5 nitrogen and oxygen atoms in total. The lowest BCUT2D eigenvalue weighted by molar-refractivity contribution is -0.384. The third-order valence-electron chi connectivity index (χ3n) is 2.22. The highest BCUT2D eigenvalue weighted by atomic mass is 32.5. The standard InChI is InChI=1S/C11H16NO4PS/c1-4-15-17(18,9(2)3)16-11-7-5-10(6-8-11)12(13)14/h5-9H,4H2,1-3H3. The average Bonchev–Trinajstić information content (AvgIpc) is 2.29. The molecule has 0 fully saturated rings. The number of nitro benzene ring substituents is 1. The lowest BCUT2D eigenvalue weighted by atomic mass is 10.3. The van der Waals surface area contributed by atoms with Crippen LogP contribution in [0.4, 0.5) is 5.69 Å². The van der Waals surface area contributed by atoms with Gasteiger partial charge in [-0.25, -0.2) is 0 Å². The summed E-state index contributed by atoms with van der Waals surface area (Å²) in [5.41, 5.74) is 0.110. The summed E-state index contributed by atoms with van der Waals surface area (Å²) in [6, 6.07) is 5.86. The van der Waals surface area contributed by atoms with Crippen LogP contribution in [0.15, 0.2) is 24.3 Å². The summed E-state index contributed by atoms with van der Waals surface area (Å²) in [5.74, 6) is 0.506. The van der Waals surface area contributed by atoms with Crippen molar-refractivity contribution in [3.63, 3.8) is 0 Å². The van der Waals surface area contributed by atoms with Crippen molar-refractivity contribution in [1.29, 1.82) is 0 Å². The Kier molecular flexibility index (Phi) is 5.26. The zero-order valence-corrected chi connectivity index (χ0v) is 12.2. The summed E-state index contributed by atoms with van der Waals surface area (Å²) < 4.78 is 11.3. The van der Waals surface area contributed by atoms with Crippen molar-refractivity contribution >= 4 is 24.0 Å². The third-order valence-corrected chi connectivity index (χ3v) is 6.37. The zero-order chi connectivity index (χ0) is 13.8. The van der Waals surface area contributed by atoms with E-state index in [0.29, 0.717) is 12.4 Å². The molecule has 1 atom stereocenters. The Bertz CT molecular complexity index is 461. The average molecular weight is 289 g/mol. The van der Waals surface area contributed by atoms with E-state index in [0.717, 1.165) is 0 Å². The quantitative estimate of drug-likeness (QED) is 0.453. The van der Waals surface area contributed by atoms with E-state index in [9.17, 15) is 10.1 Å². The Labute approximate surface area is 111 Å². The maximum atomic E-state index is 10.5. The van der Waals surface area contributed by atoms with E-state index >= 15 is 0 Å². The fourth-order valence-electron chi connectivity index (χ4n) is 1.24. The fraction of sp³-hybridized carbons (Fsp3) is 0.455. The van der Waals surface area contributed by atoms with Crippen molar-refractivity contribution in [1.82, 2.24) is 0 Å². The minimum absolute atomic E-state index is 0.0246. The maximum absolute atomic E-state index is 10.5. The summed E-state index contributed by atoms with van der Waals surface area (Å²) in [4.78, 5) is 10.1. The molecule has 1 rings (SSSR count). The summed E-state index contributed by atoms with van der Waals surface area (Å²) >= 11 is 5.42. The molecule has 0 bridgehead atoms. The number of nitro groups is 1. The molecule has 1 aromatic rings. The lowest BCUT2D eigenvalue weighted by Crippen LogP contribution is -2.07. The Morgan fingerprint density at radius 2 is 1.94 bits per heavy atom. The minimum atomic E-state index is -2.39. The molecule has 18 heavy (non-hydrogen) atoms. The van der Waals surface area contributed by atoms with E-state index in [1.165, 1.54) is 12.1 Å². The number of nitrogens with zero attached hydrogens (tertiary/aromatic N) is 1. The molecule has 7 heteroatoms. The van der Waals surface area contributed by atoms with Gasteiger partial charge >= 0.3 is 0 Å². The summed E-state index contributed by atoms with van der Waals surface area (Å²) in [5, 5.41) is 10.5. The summed E-state index contributed by atoms with van der Waals surface area (Å²) in [6.07, 6.45) is 0. The summed E-state index contributed by atoms with van der Waals surface area (Å²) in [6.45, 7) is 3.86. The lowest BCUT2D eigenvalue weighted by Gasteiger charge is -2.25. The van der Waals surface area contributed by atoms with Crippen molar-refractivity contribution in [3.05, 3.63) is 34.4 Å². The first kappa shape index (κ1) is 15.1. The molecule has 1 aromatic carbocycles. The third kappa shape index (κ3) is 3.77. The van der Waals surface area contributed by atoms with E-state index in [2.05, 4.69) is 0 Å². The number of hydrogen-bond acceptors (Lipinski definition) is 5. The van der Waals surface area contributed by atoms with Gasteiger partial charge in [0, 0.05) is 17.8 Å². The molecule has 1 unspecified atom stereocenters. The van der Waals surface area contributed by atoms with Crippen LogP contribution in [-0.2, 0) is 16.3 Å². The van der Waals surface area contributed by atoms with E-state index in [-0.39, 0.29) is 11.3 Å². The van der Waals surface area contributed by atoms with Crippen molar-refractivity contribution < 1.29 is 14.0 Å². The van der Waals surface area contributed by atoms with E-state index < -0.39 is 11.4 Å². The maximum Gasteiger partial charge on any atom is 0.269 e. The van der Waals surface area contributed by atoms with Crippen molar-refractivity contribution in [2.24, 2.45) is 0 Å². The van der Waals surface area contributed by atoms with Crippen LogP contribution < -0.4 is 4.52 Å². The molecule has 100 valence electrons. The highest BCUT2D eigenvalue weighted by molar-refractivity contribution is 8.10. The van der Waals surface area contributed by atoms with Crippen molar-refractivity contribution in [2.75, 3.05) is 6.61 Å². The molecular weight excluding hydrogens is 273 g/mol. The second kappa shape index (κ2) is 6.27. The fourth-order valence-corrected chi connectivity index (χ4v) is 3.15. The molecule has 0 radical (unpaired) electrons. The molecule has 0 aliphatic carbocycles. The van der Waals surface area contributed by atoms with Crippen molar-refractivity contribution in [3.8, 4) is 5.75 Å². The van der Waals surface area contributed by atoms with Crippen LogP contribution in [0, 0.1) is 10.1 Å². The van der Waals surface area contributed by atoms with Crippen LogP contribution >= 0.6 is 6.49 Å². The van der Waals surface area contributed by atoms with E-state index in [1.807, 2.05) is 20.8 Å². The Hall–Kier alpha value is -0.970. The van der Waals surface area contributed by atoms with Gasteiger partial charge in [0.1, 0.15) is 5.75 Å². The van der Waals surface area contributed by atoms with Gasteiger partial charge in [0.2, 0.25) is 6.49 Å². The Morgan fingerprint density at radius 1 is 1.39 bits per heavy atom. The first-order valence-corrected chi connectivity index (χ1v) is 8.28. The highest BCUT2D eigenvalue weighted by Gasteiger charge is 2.25. The molecule has 0 saturated heterocycles. The van der Waals surface area contributed by atoms with Crippen molar-refractivity contribution in [2.45, 2.75) is 26.4 Å². The number of benzene rings is 1. The summed E-state index contributed by atoms with van der Waals surface area (Å²) in [7, 11) is 0. The molecule has 0 heterocycles. The highest BCUT2D eigenvalue weighted by Crippen LogP contribution is 2.52. The molecule has 0 N–H and O–H groups in total. The van der Waals surface area contributed by atoms with Crippen LogP contribution in [0.1, 0.15) is 20.8 Å². The largest absolute Gasteiger partial charge is 0.443 e. The number of rotatable bonds is 6. The smallest absolute Gasteiger partial charge is 0.269 e. The van der Waals surface area contributed by atoms with Crippen LogP contribution in [0.5, 0.6) is 5.75 Å². The van der Waals surface area contributed by atoms with Crippen LogP contribution in [-0.4, -0.2) is 17.2 Å². The van der Waals surface area contributed by atoms with Gasteiger partial charge in [-0.15, -0.1) is 0 Å². The Morgan fingerprint density at radius 3 is 2.33 bits per heavy atom. The van der Waals surface area contributed by atoms with Crippen LogP contribution in [0.3, 0.4) is 0 Å². The molecule has 0 aliphatic heterocycles. The van der Waals surface area contributed by atoms with Gasteiger partial charge in [0.25, 0.3) is 5.69 Å². The normalized spacial score (nSPS) is 14.2. The second-order valence-electron chi connectivity index (χ2n) is 3.89. The van der Waals surface area contributed by atoms with Gasteiger partial charge < -0.3 is 9.05 Å². The number of non-ortho nitro benzene ring substituents is 1. The molecule has 0 aliphatic rings. The molecule has 0 aromatic heterocycles. The monoisotopic (exact) mass is 289 g/mol. The topological polar surface area (TPSA) is 61.6 Å². The van der Waals surface area contributed by atoms with Gasteiger partial charge in [-0.1, -0.05) is 13.8 Å². The molecule has 0 saturated carbocycles. The molecule has 0 spiro atoms. The second-order valence-corrected chi connectivity index (χ2v) is 7.97. The predicted octanol–water partition coefficient (Wildman–Crippen LogP) is 3.73. The van der Waals surface area contributed by atoms with Gasteiger partial charge in [-0.3, -0.25) is 10.1 Å². The van der Waals surface area contributed by atoms with Gasteiger partial charge in [-0.05, 0) is 30.9 Å². The predicted molar refractivity (Wildman–Crippen MR) is 74.8 cm³/mol. The van der Waals surface area contributed by atoms with Crippen LogP contribution in [0.25, 0.3) is 0 Å². The van der Waals surface area contributed by atoms with Crippen LogP contribution in [0.2, 0.25) is 0 Å². The van der Waals surface area contributed by atoms with Gasteiger partial charge in [0.05, 0.1) is 11.5 Å². The van der Waals surface area contributed by atoms with E-state index in [1.54, 1.807) is 12.1 Å².